The van der Waals surface area contributed by atoms with E-state index >= 15 is 0 Å². The lowest BCUT2D eigenvalue weighted by atomic mass is 10.0. The first-order chi connectivity index (χ1) is 11.0. The van der Waals surface area contributed by atoms with Crippen molar-refractivity contribution in [3.63, 3.8) is 0 Å². The number of methoxy groups -OCH3 is 1. The number of rotatable bonds is 5. The van der Waals surface area contributed by atoms with Gasteiger partial charge >= 0.3 is 0 Å². The van der Waals surface area contributed by atoms with Gasteiger partial charge in [0.1, 0.15) is 5.75 Å². The van der Waals surface area contributed by atoms with Crippen LogP contribution in [0.3, 0.4) is 0 Å². The molecular weight excluding hydrogens is 396 g/mol. The monoisotopic (exact) mass is 412 g/mol. The number of ether oxygens (including phenoxy) is 1. The van der Waals surface area contributed by atoms with Crippen molar-refractivity contribution in [3.05, 3.63) is 57.5 Å². The summed E-state index contributed by atoms with van der Waals surface area (Å²) in [5.74, 6) is 0.841. The highest BCUT2D eigenvalue weighted by Crippen LogP contribution is 2.26. The van der Waals surface area contributed by atoms with E-state index in [0.717, 1.165) is 27.9 Å². The van der Waals surface area contributed by atoms with Crippen LogP contribution in [0.2, 0.25) is 5.02 Å². The van der Waals surface area contributed by atoms with Gasteiger partial charge in [0.2, 0.25) is 0 Å². The van der Waals surface area contributed by atoms with Gasteiger partial charge in [-0.2, -0.15) is 0 Å². The van der Waals surface area contributed by atoms with Crippen LogP contribution < -0.4 is 15.4 Å². The summed E-state index contributed by atoms with van der Waals surface area (Å²) >= 11 is 14.9. The molecule has 3 nitrogen and oxygen atoms in total. The van der Waals surface area contributed by atoms with Crippen LogP contribution in [0.15, 0.2) is 46.9 Å². The zero-order valence-electron chi connectivity index (χ0n) is 12.9. The molecule has 1 atom stereocenters. The third-order valence-electron chi connectivity index (χ3n) is 3.41. The first kappa shape index (κ1) is 18.0. The fourth-order valence-corrected chi connectivity index (χ4v) is 2.84. The Kier molecular flexibility index (Phi) is 6.69. The van der Waals surface area contributed by atoms with Crippen LogP contribution in [-0.2, 0) is 0 Å². The molecule has 0 bridgehead atoms. The highest BCUT2D eigenvalue weighted by Gasteiger charge is 2.11. The molecule has 0 saturated carbocycles. The third kappa shape index (κ3) is 5.09. The van der Waals surface area contributed by atoms with Crippen molar-refractivity contribution in [1.82, 2.24) is 5.32 Å². The van der Waals surface area contributed by atoms with E-state index in [2.05, 4.69) is 33.5 Å². The first-order valence-corrected chi connectivity index (χ1v) is 8.78. The maximum absolute atomic E-state index is 6.09. The Morgan fingerprint density at radius 2 is 1.96 bits per heavy atom. The summed E-state index contributed by atoms with van der Waals surface area (Å²) in [6.07, 6.45) is 0.912. The predicted octanol–water partition coefficient (Wildman–Crippen LogP) is 5.55. The number of hydrogen-bond donors (Lipinski definition) is 2. The van der Waals surface area contributed by atoms with Crippen LogP contribution in [-0.4, -0.2) is 12.2 Å². The molecule has 6 heteroatoms. The first-order valence-electron chi connectivity index (χ1n) is 7.20. The highest BCUT2D eigenvalue weighted by molar-refractivity contribution is 9.10. The molecule has 0 fully saturated rings. The minimum absolute atomic E-state index is 0.131. The minimum atomic E-state index is 0.131. The maximum atomic E-state index is 6.09. The molecule has 0 saturated heterocycles. The Hall–Kier alpha value is -1.30. The second-order valence-corrected chi connectivity index (χ2v) is 6.63. The Morgan fingerprint density at radius 1 is 1.26 bits per heavy atom. The van der Waals surface area contributed by atoms with Crippen LogP contribution in [0.5, 0.6) is 5.75 Å². The van der Waals surface area contributed by atoms with Gasteiger partial charge in [0, 0.05) is 10.2 Å². The molecule has 2 N–H and O–H groups in total. The van der Waals surface area contributed by atoms with E-state index < -0.39 is 0 Å². The molecule has 2 aromatic carbocycles. The average molecular weight is 414 g/mol. The second-order valence-electron chi connectivity index (χ2n) is 4.96. The van der Waals surface area contributed by atoms with Crippen LogP contribution >= 0.6 is 39.7 Å². The molecule has 0 spiro atoms. The van der Waals surface area contributed by atoms with E-state index in [0.29, 0.717) is 10.1 Å². The molecule has 2 rings (SSSR count). The molecule has 0 aliphatic rings. The quantitative estimate of drug-likeness (QED) is 0.630. The minimum Gasteiger partial charge on any atom is -0.497 e. The lowest BCUT2D eigenvalue weighted by Gasteiger charge is -2.20. The van der Waals surface area contributed by atoms with E-state index in [1.807, 2.05) is 42.5 Å². The van der Waals surface area contributed by atoms with Crippen LogP contribution in [0.1, 0.15) is 24.9 Å². The molecule has 0 amide bonds. The van der Waals surface area contributed by atoms with E-state index in [1.54, 1.807) is 7.11 Å². The Balaban J connectivity index is 2.02. The largest absolute Gasteiger partial charge is 0.497 e. The summed E-state index contributed by atoms with van der Waals surface area (Å²) in [6, 6.07) is 13.7. The van der Waals surface area contributed by atoms with Crippen molar-refractivity contribution in [2.45, 2.75) is 19.4 Å². The molecule has 2 aromatic rings. The van der Waals surface area contributed by atoms with Crippen molar-refractivity contribution < 1.29 is 4.74 Å². The van der Waals surface area contributed by atoms with E-state index in [-0.39, 0.29) is 6.04 Å². The molecule has 0 aliphatic carbocycles. The summed E-state index contributed by atoms with van der Waals surface area (Å²) in [5.41, 5.74) is 2.01. The second kappa shape index (κ2) is 8.52. The molecule has 0 aliphatic heterocycles. The van der Waals surface area contributed by atoms with Crippen molar-refractivity contribution in [1.29, 1.82) is 0 Å². The molecular formula is C17H18BrClN2OS. The summed E-state index contributed by atoms with van der Waals surface area (Å²) < 4.78 is 6.04. The fourth-order valence-electron chi connectivity index (χ4n) is 2.16. The van der Waals surface area contributed by atoms with Gasteiger partial charge in [0.05, 0.1) is 18.2 Å². The zero-order chi connectivity index (χ0) is 16.8. The predicted molar refractivity (Wildman–Crippen MR) is 105 cm³/mol. The third-order valence-corrected chi connectivity index (χ3v) is 4.86. The van der Waals surface area contributed by atoms with Gasteiger partial charge in [-0.3, -0.25) is 0 Å². The van der Waals surface area contributed by atoms with E-state index in [9.17, 15) is 0 Å². The average Bonchev–Trinajstić information content (AvgIpc) is 2.56. The Labute approximate surface area is 155 Å². The Bertz CT molecular complexity index is 679. The standard InChI is InChI=1S/C17H18BrClN2OS/c1-3-16(11-4-7-13(22-2)8-5-11)21-17(23)20-12-6-9-14(18)15(19)10-12/h4-10,16H,3H2,1-2H3,(H2,20,21,23)/t16-/m0/s1. The van der Waals surface area contributed by atoms with Gasteiger partial charge in [0.25, 0.3) is 0 Å². The lowest BCUT2D eigenvalue weighted by molar-refractivity contribution is 0.414. The maximum Gasteiger partial charge on any atom is 0.171 e. The summed E-state index contributed by atoms with van der Waals surface area (Å²) in [5, 5.41) is 7.69. The summed E-state index contributed by atoms with van der Waals surface area (Å²) in [7, 11) is 1.66. The topological polar surface area (TPSA) is 33.3 Å². The summed E-state index contributed by atoms with van der Waals surface area (Å²) in [4.78, 5) is 0. The van der Waals surface area contributed by atoms with Crippen LogP contribution in [0.4, 0.5) is 5.69 Å². The number of nitrogens with one attached hydrogen (secondary N) is 2. The van der Waals surface area contributed by atoms with Crippen molar-refractivity contribution in [2.24, 2.45) is 0 Å². The smallest absolute Gasteiger partial charge is 0.171 e. The molecule has 122 valence electrons. The normalized spacial score (nSPS) is 11.7. The molecule has 0 unspecified atom stereocenters. The van der Waals surface area contributed by atoms with Crippen LogP contribution in [0.25, 0.3) is 0 Å². The van der Waals surface area contributed by atoms with Gasteiger partial charge < -0.3 is 15.4 Å². The highest BCUT2D eigenvalue weighted by atomic mass is 79.9. The molecule has 23 heavy (non-hydrogen) atoms. The van der Waals surface area contributed by atoms with E-state index in [1.165, 1.54) is 0 Å². The number of anilines is 1. The van der Waals surface area contributed by atoms with Crippen molar-refractivity contribution >= 4 is 50.5 Å². The fraction of sp³-hybridized carbons (Fsp3) is 0.235. The lowest BCUT2D eigenvalue weighted by Crippen LogP contribution is -2.32. The van der Waals surface area contributed by atoms with Crippen LogP contribution in [0, 0.1) is 0 Å². The van der Waals surface area contributed by atoms with Crippen molar-refractivity contribution in [3.8, 4) is 5.75 Å². The number of benzene rings is 2. The summed E-state index contributed by atoms with van der Waals surface area (Å²) in [6.45, 7) is 2.11. The number of hydrogen-bond acceptors (Lipinski definition) is 2. The number of thiocarbonyl (C=S) groups is 1. The van der Waals surface area contributed by atoms with Gasteiger partial charge in [-0.15, -0.1) is 0 Å². The van der Waals surface area contributed by atoms with E-state index in [4.69, 9.17) is 28.6 Å². The molecule has 0 heterocycles. The SMILES string of the molecule is CC[C@H](NC(=S)Nc1ccc(Br)c(Cl)c1)c1ccc(OC)cc1. The van der Waals surface area contributed by atoms with Gasteiger partial charge in [-0.05, 0) is 70.5 Å². The Morgan fingerprint density at radius 3 is 2.52 bits per heavy atom. The number of halogens is 2. The van der Waals surface area contributed by atoms with Crippen molar-refractivity contribution in [2.75, 3.05) is 12.4 Å². The zero-order valence-corrected chi connectivity index (χ0v) is 16.1. The van der Waals surface area contributed by atoms with Gasteiger partial charge in [-0.25, -0.2) is 0 Å². The van der Waals surface area contributed by atoms with Gasteiger partial charge in [-0.1, -0.05) is 30.7 Å². The molecule has 0 radical (unpaired) electrons. The van der Waals surface area contributed by atoms with Gasteiger partial charge in [0.15, 0.2) is 5.11 Å². The molecule has 0 aromatic heterocycles.